The molecule has 1 aliphatic heterocycles. The van der Waals surface area contributed by atoms with Crippen LogP contribution < -0.4 is 4.74 Å². The first-order chi connectivity index (χ1) is 9.04. The molecular formula is C14H17BrFNO2. The van der Waals surface area contributed by atoms with E-state index in [9.17, 15) is 9.18 Å². The Balaban J connectivity index is 2.25. The number of methoxy groups -OCH3 is 1. The number of ether oxygens (including phenoxy) is 1. The zero-order valence-electron chi connectivity index (χ0n) is 11.0. The van der Waals surface area contributed by atoms with E-state index in [-0.39, 0.29) is 11.5 Å². The van der Waals surface area contributed by atoms with Gasteiger partial charge in [0.05, 0.1) is 7.11 Å². The highest BCUT2D eigenvalue weighted by Crippen LogP contribution is 2.28. The molecule has 2 atom stereocenters. The molecule has 0 aliphatic carbocycles. The van der Waals surface area contributed by atoms with Crippen LogP contribution in [0, 0.1) is 11.7 Å². The van der Waals surface area contributed by atoms with E-state index in [4.69, 9.17) is 4.74 Å². The number of hydrogen-bond donors (Lipinski definition) is 0. The zero-order valence-corrected chi connectivity index (χ0v) is 12.6. The molecule has 2 unspecified atom stereocenters. The number of nitrogens with zero attached hydrogens (tertiary/aromatic N) is 1. The van der Waals surface area contributed by atoms with Crippen molar-refractivity contribution >= 4 is 21.8 Å². The number of rotatable bonds is 2. The van der Waals surface area contributed by atoms with Gasteiger partial charge in [0.25, 0.3) is 5.91 Å². The molecule has 1 aliphatic rings. The second-order valence-electron chi connectivity index (χ2n) is 4.85. The minimum absolute atomic E-state index is 0.0326. The number of benzene rings is 1. The highest BCUT2D eigenvalue weighted by atomic mass is 79.9. The van der Waals surface area contributed by atoms with Gasteiger partial charge in [-0.2, -0.15) is 0 Å². The summed E-state index contributed by atoms with van der Waals surface area (Å²) in [6.45, 7) is 3.35. The van der Waals surface area contributed by atoms with Gasteiger partial charge in [-0.05, 0) is 24.5 Å². The van der Waals surface area contributed by atoms with Gasteiger partial charge in [0.1, 0.15) is 17.1 Å². The number of hydrogen-bond acceptors (Lipinski definition) is 2. The lowest BCUT2D eigenvalue weighted by Gasteiger charge is -2.34. The molecule has 0 spiro atoms. The molecule has 0 radical (unpaired) electrons. The fraction of sp³-hybridized carbons (Fsp3) is 0.500. The molecule has 1 heterocycles. The minimum Gasteiger partial charge on any atom is -0.496 e. The largest absolute Gasteiger partial charge is 0.496 e. The van der Waals surface area contributed by atoms with Crippen molar-refractivity contribution in [3.63, 3.8) is 0 Å². The van der Waals surface area contributed by atoms with Gasteiger partial charge in [0, 0.05) is 17.9 Å². The van der Waals surface area contributed by atoms with Crippen LogP contribution in [0.2, 0.25) is 0 Å². The third-order valence-electron chi connectivity index (χ3n) is 3.50. The van der Waals surface area contributed by atoms with Crippen molar-refractivity contribution < 1.29 is 13.9 Å². The molecular weight excluding hydrogens is 313 g/mol. The molecule has 2 rings (SSSR count). The summed E-state index contributed by atoms with van der Waals surface area (Å²) >= 11 is 3.59. The first kappa shape index (κ1) is 14.3. The lowest BCUT2D eigenvalue weighted by Crippen LogP contribution is -2.43. The predicted octanol–water partition coefficient (Wildman–Crippen LogP) is 3.08. The van der Waals surface area contributed by atoms with Crippen LogP contribution in [0.3, 0.4) is 0 Å². The molecule has 19 heavy (non-hydrogen) atoms. The molecule has 1 aromatic carbocycles. The van der Waals surface area contributed by atoms with Gasteiger partial charge in [0.15, 0.2) is 0 Å². The molecule has 1 aromatic rings. The van der Waals surface area contributed by atoms with E-state index in [1.807, 2.05) is 0 Å². The van der Waals surface area contributed by atoms with E-state index < -0.39 is 5.82 Å². The Hall–Kier alpha value is -1.10. The quantitative estimate of drug-likeness (QED) is 0.780. The Morgan fingerprint density at radius 2 is 2.26 bits per heavy atom. The molecule has 3 nitrogen and oxygen atoms in total. The number of carbonyl (C=O) groups excluding carboxylic acids is 1. The van der Waals surface area contributed by atoms with Crippen molar-refractivity contribution in [3.05, 3.63) is 29.6 Å². The van der Waals surface area contributed by atoms with Gasteiger partial charge < -0.3 is 9.64 Å². The maximum Gasteiger partial charge on any atom is 0.260 e. The van der Waals surface area contributed by atoms with Gasteiger partial charge >= 0.3 is 0 Å². The number of alkyl halides is 1. The number of carbonyl (C=O) groups is 1. The Bertz CT molecular complexity index is 481. The molecule has 0 saturated carbocycles. The number of halogens is 2. The highest BCUT2D eigenvalue weighted by Gasteiger charge is 2.30. The normalized spacial score (nSPS) is 23.3. The van der Waals surface area contributed by atoms with Gasteiger partial charge in [-0.15, -0.1) is 0 Å². The van der Waals surface area contributed by atoms with E-state index in [1.54, 1.807) is 11.0 Å². The van der Waals surface area contributed by atoms with Crippen molar-refractivity contribution in [1.29, 1.82) is 0 Å². The second kappa shape index (κ2) is 5.90. The smallest absolute Gasteiger partial charge is 0.260 e. The maximum absolute atomic E-state index is 13.9. The predicted molar refractivity (Wildman–Crippen MR) is 75.4 cm³/mol. The topological polar surface area (TPSA) is 29.5 Å². The summed E-state index contributed by atoms with van der Waals surface area (Å²) in [4.78, 5) is 14.6. The van der Waals surface area contributed by atoms with Crippen LogP contribution >= 0.6 is 15.9 Å². The number of piperidine rings is 1. The Morgan fingerprint density at radius 3 is 2.89 bits per heavy atom. The van der Waals surface area contributed by atoms with Crippen LogP contribution in [0.15, 0.2) is 18.2 Å². The first-order valence-corrected chi connectivity index (χ1v) is 7.22. The molecule has 1 saturated heterocycles. The summed E-state index contributed by atoms with van der Waals surface area (Å²) in [5.74, 6) is -0.173. The van der Waals surface area contributed by atoms with Crippen LogP contribution in [0.25, 0.3) is 0 Å². The minimum atomic E-state index is -0.530. The van der Waals surface area contributed by atoms with Gasteiger partial charge in [-0.1, -0.05) is 28.9 Å². The Kier molecular flexibility index (Phi) is 4.45. The summed E-state index contributed by atoms with van der Waals surface area (Å²) in [5, 5.41) is 0. The summed E-state index contributed by atoms with van der Waals surface area (Å²) in [6.07, 6.45) is 0.879. The molecule has 5 heteroatoms. The summed E-state index contributed by atoms with van der Waals surface area (Å²) in [6, 6.07) is 4.44. The first-order valence-electron chi connectivity index (χ1n) is 6.30. The van der Waals surface area contributed by atoms with Crippen LogP contribution in [0.4, 0.5) is 4.39 Å². The molecule has 0 bridgehead atoms. The number of likely N-dealkylation sites (tertiary alicyclic amines) is 1. The molecule has 0 aromatic heterocycles. The fourth-order valence-electron chi connectivity index (χ4n) is 2.34. The van der Waals surface area contributed by atoms with E-state index in [0.29, 0.717) is 29.6 Å². The zero-order chi connectivity index (χ0) is 14.0. The molecule has 0 N–H and O–H groups in total. The summed E-state index contributed by atoms with van der Waals surface area (Å²) in [5.41, 5.74) is 0.0326. The standard InChI is InChI=1S/C14H17BrFNO2/c1-9-8-17(7-6-10(9)15)14(18)13-11(16)4-3-5-12(13)19-2/h3-5,9-10H,6-8H2,1-2H3. The van der Waals surface area contributed by atoms with Crippen molar-refractivity contribution in [2.45, 2.75) is 18.2 Å². The van der Waals surface area contributed by atoms with Crippen LogP contribution in [0.1, 0.15) is 23.7 Å². The second-order valence-corrected chi connectivity index (χ2v) is 6.03. The van der Waals surface area contributed by atoms with E-state index >= 15 is 0 Å². The monoisotopic (exact) mass is 329 g/mol. The van der Waals surface area contributed by atoms with Gasteiger partial charge in [0.2, 0.25) is 0 Å². The average molecular weight is 330 g/mol. The fourth-order valence-corrected chi connectivity index (χ4v) is 2.71. The maximum atomic E-state index is 13.9. The van der Waals surface area contributed by atoms with Crippen LogP contribution in [0.5, 0.6) is 5.75 Å². The summed E-state index contributed by atoms with van der Waals surface area (Å²) < 4.78 is 19.0. The lowest BCUT2D eigenvalue weighted by atomic mass is 9.99. The van der Waals surface area contributed by atoms with E-state index in [0.717, 1.165) is 6.42 Å². The Labute approximate surface area is 120 Å². The average Bonchev–Trinajstić information content (AvgIpc) is 2.40. The van der Waals surface area contributed by atoms with E-state index in [1.165, 1.54) is 19.2 Å². The SMILES string of the molecule is COc1cccc(F)c1C(=O)N1CCC(Br)C(C)C1. The summed E-state index contributed by atoms with van der Waals surface area (Å²) in [7, 11) is 1.44. The van der Waals surface area contributed by atoms with Gasteiger partial charge in [-0.25, -0.2) is 4.39 Å². The lowest BCUT2D eigenvalue weighted by molar-refractivity contribution is 0.0682. The Morgan fingerprint density at radius 1 is 1.53 bits per heavy atom. The van der Waals surface area contributed by atoms with Gasteiger partial charge in [-0.3, -0.25) is 4.79 Å². The highest BCUT2D eigenvalue weighted by molar-refractivity contribution is 9.09. The third-order valence-corrected chi connectivity index (χ3v) is 4.86. The van der Waals surface area contributed by atoms with Crippen molar-refractivity contribution in [2.75, 3.05) is 20.2 Å². The van der Waals surface area contributed by atoms with Crippen LogP contribution in [-0.4, -0.2) is 35.8 Å². The molecule has 1 fully saturated rings. The van der Waals surface area contributed by atoms with Crippen LogP contribution in [-0.2, 0) is 0 Å². The van der Waals surface area contributed by atoms with Crippen molar-refractivity contribution in [3.8, 4) is 5.75 Å². The molecule has 1 amide bonds. The van der Waals surface area contributed by atoms with Crippen molar-refractivity contribution in [2.24, 2.45) is 5.92 Å². The number of amides is 1. The van der Waals surface area contributed by atoms with E-state index in [2.05, 4.69) is 22.9 Å². The van der Waals surface area contributed by atoms with Crippen molar-refractivity contribution in [1.82, 2.24) is 4.90 Å². The molecule has 104 valence electrons. The third kappa shape index (κ3) is 2.91.